The van der Waals surface area contributed by atoms with Crippen LogP contribution in [0, 0.1) is 0 Å². The summed E-state index contributed by atoms with van der Waals surface area (Å²) in [7, 11) is 0. The number of halogens is 4. The predicted molar refractivity (Wildman–Crippen MR) is 126 cm³/mol. The van der Waals surface area contributed by atoms with E-state index in [2.05, 4.69) is 15.3 Å². The Bertz CT molecular complexity index is 1370. The van der Waals surface area contributed by atoms with Gasteiger partial charge in [-0.25, -0.2) is 19.5 Å². The number of nitrogens with one attached hydrogen (secondary N) is 2. The van der Waals surface area contributed by atoms with E-state index < -0.39 is 23.4 Å². The Morgan fingerprint density at radius 2 is 1.94 bits per heavy atom. The molecular weight excluding hydrogens is 471 g/mol. The fraction of sp³-hybridized carbons (Fsp3) is 0.304. The summed E-state index contributed by atoms with van der Waals surface area (Å²) < 4.78 is 46.9. The number of alkyl halides is 3. The summed E-state index contributed by atoms with van der Waals surface area (Å²) in [5, 5.41) is 5.68. The maximum absolute atomic E-state index is 13.3. The zero-order valence-corrected chi connectivity index (χ0v) is 19.7. The van der Waals surface area contributed by atoms with E-state index in [9.17, 15) is 18.0 Å². The number of aromatic amines is 1. The quantitative estimate of drug-likeness (QED) is 0.327. The third-order valence-electron chi connectivity index (χ3n) is 4.99. The van der Waals surface area contributed by atoms with Crippen LogP contribution in [-0.4, -0.2) is 32.9 Å². The molecule has 0 spiro atoms. The molecule has 0 radical (unpaired) electrons. The molecule has 34 heavy (non-hydrogen) atoms. The number of carbonyl (C=O) groups is 1. The molecule has 0 aliphatic carbocycles. The summed E-state index contributed by atoms with van der Waals surface area (Å²) in [6.07, 6.45) is -3.51. The predicted octanol–water partition coefficient (Wildman–Crippen LogP) is 6.83. The number of ether oxygens (including phenoxy) is 1. The van der Waals surface area contributed by atoms with Gasteiger partial charge in [0.05, 0.1) is 22.3 Å². The molecule has 0 saturated heterocycles. The van der Waals surface area contributed by atoms with Crippen LogP contribution in [0.5, 0.6) is 0 Å². The number of rotatable bonds is 4. The molecule has 0 aliphatic heterocycles. The van der Waals surface area contributed by atoms with E-state index >= 15 is 0 Å². The molecule has 1 amide bonds. The van der Waals surface area contributed by atoms with E-state index in [0.29, 0.717) is 16.2 Å². The van der Waals surface area contributed by atoms with Crippen molar-refractivity contribution in [1.29, 1.82) is 0 Å². The molecule has 2 N–H and O–H groups in total. The highest BCUT2D eigenvalue weighted by molar-refractivity contribution is 6.31. The van der Waals surface area contributed by atoms with Gasteiger partial charge < -0.3 is 15.0 Å². The summed E-state index contributed by atoms with van der Waals surface area (Å²) in [6, 6.07) is 8.48. The monoisotopic (exact) mass is 493 g/mol. The second kappa shape index (κ2) is 8.43. The maximum Gasteiger partial charge on any atom is 0.429 e. The van der Waals surface area contributed by atoms with Gasteiger partial charge in [-0.1, -0.05) is 11.6 Å². The Kier molecular flexibility index (Phi) is 5.89. The molecule has 0 bridgehead atoms. The Morgan fingerprint density at radius 1 is 1.21 bits per heavy atom. The molecule has 2 aromatic heterocycles. The van der Waals surface area contributed by atoms with Gasteiger partial charge in [0.15, 0.2) is 0 Å². The van der Waals surface area contributed by atoms with E-state index in [4.69, 9.17) is 16.3 Å². The average Bonchev–Trinajstić information content (AvgIpc) is 3.28. The first-order valence-electron chi connectivity index (χ1n) is 10.5. The van der Waals surface area contributed by atoms with Crippen molar-refractivity contribution >= 4 is 51.3 Å². The Hall–Kier alpha value is -3.40. The third kappa shape index (κ3) is 4.63. The number of fused-ring (bicyclic) bond motifs is 2. The van der Waals surface area contributed by atoms with Crippen LogP contribution in [0.25, 0.3) is 21.9 Å². The number of anilines is 2. The summed E-state index contributed by atoms with van der Waals surface area (Å²) in [4.78, 5) is 20.5. The lowest BCUT2D eigenvalue weighted by Crippen LogP contribution is -2.44. The van der Waals surface area contributed by atoms with Crippen LogP contribution in [0.4, 0.5) is 29.6 Å². The molecule has 4 aromatic rings. The van der Waals surface area contributed by atoms with E-state index in [1.54, 1.807) is 52.1 Å². The lowest BCUT2D eigenvalue weighted by molar-refractivity contribution is -0.137. The molecule has 0 aliphatic rings. The summed E-state index contributed by atoms with van der Waals surface area (Å²) in [6.45, 7) is 7.10. The van der Waals surface area contributed by atoms with Crippen LogP contribution in [0.3, 0.4) is 0 Å². The van der Waals surface area contributed by atoms with Gasteiger partial charge in [-0.2, -0.15) is 13.2 Å². The number of benzene rings is 2. The second-order valence-electron chi connectivity index (χ2n) is 8.66. The molecule has 0 atom stereocenters. The highest BCUT2D eigenvalue weighted by Crippen LogP contribution is 2.34. The van der Waals surface area contributed by atoms with Gasteiger partial charge >= 0.3 is 12.3 Å². The first-order valence-corrected chi connectivity index (χ1v) is 10.9. The summed E-state index contributed by atoms with van der Waals surface area (Å²) in [5.41, 5.74) is 0.151. The minimum atomic E-state index is -4.53. The number of amides is 1. The van der Waals surface area contributed by atoms with Gasteiger partial charge in [-0.05, 0) is 64.1 Å². The number of aromatic nitrogens is 3. The lowest BCUT2D eigenvalue weighted by Gasteiger charge is -2.28. The number of hydrogen-bond acceptors (Lipinski definition) is 4. The number of hydrogen-bond donors (Lipinski definition) is 2. The maximum atomic E-state index is 13.3. The molecule has 0 unspecified atom stereocenters. The van der Waals surface area contributed by atoms with Crippen LogP contribution >= 0.6 is 11.6 Å². The molecular formula is C23H23ClF3N5O2. The molecule has 11 heteroatoms. The van der Waals surface area contributed by atoms with Crippen molar-refractivity contribution in [2.45, 2.75) is 39.5 Å². The molecule has 0 saturated carbocycles. The van der Waals surface area contributed by atoms with Gasteiger partial charge in [0, 0.05) is 28.7 Å². The van der Waals surface area contributed by atoms with Crippen molar-refractivity contribution in [3.63, 3.8) is 0 Å². The SMILES string of the molecule is CCN(C(=O)OC(C)(C)C)n1c(Nc2c[nH]c3ccc(Cl)cc23)nc2cc(C(F)(F)F)ccc21. The third-order valence-corrected chi connectivity index (χ3v) is 5.23. The number of imidazole rings is 1. The van der Waals surface area contributed by atoms with Gasteiger partial charge in [-0.3, -0.25) is 0 Å². The first kappa shape index (κ1) is 23.7. The van der Waals surface area contributed by atoms with Crippen molar-refractivity contribution in [2.75, 3.05) is 16.9 Å². The van der Waals surface area contributed by atoms with E-state index in [-0.39, 0.29) is 18.0 Å². The Morgan fingerprint density at radius 3 is 2.59 bits per heavy atom. The van der Waals surface area contributed by atoms with Crippen molar-refractivity contribution in [2.24, 2.45) is 0 Å². The number of H-pyrrole nitrogens is 1. The zero-order valence-electron chi connectivity index (χ0n) is 18.9. The smallest absolute Gasteiger partial charge is 0.429 e. The summed E-state index contributed by atoms with van der Waals surface area (Å²) >= 11 is 6.14. The average molecular weight is 494 g/mol. The molecule has 4 rings (SSSR count). The molecule has 180 valence electrons. The van der Waals surface area contributed by atoms with Crippen molar-refractivity contribution in [1.82, 2.24) is 14.6 Å². The number of carbonyl (C=O) groups excluding carboxylic acids is 1. The summed E-state index contributed by atoms with van der Waals surface area (Å²) in [5.74, 6) is 0.142. The van der Waals surface area contributed by atoms with Crippen LogP contribution in [0.1, 0.15) is 33.3 Å². The standard InChI is InChI=1S/C23H23ClF3N5O2/c1-5-31(21(33)34-22(2,3)4)32-19-9-6-13(23(25,26)27)10-17(19)29-20(32)30-18-12-28-16-8-7-14(24)11-15(16)18/h6-12,28H,5H2,1-4H3,(H,29,30). The molecule has 2 heterocycles. The minimum absolute atomic E-state index is 0.0669. The van der Waals surface area contributed by atoms with E-state index in [0.717, 1.165) is 23.0 Å². The van der Waals surface area contributed by atoms with Crippen LogP contribution in [-0.2, 0) is 10.9 Å². The zero-order chi connectivity index (χ0) is 24.8. The minimum Gasteiger partial charge on any atom is -0.442 e. The molecule has 0 fully saturated rings. The highest BCUT2D eigenvalue weighted by atomic mass is 35.5. The van der Waals surface area contributed by atoms with E-state index in [1.165, 1.54) is 15.8 Å². The topological polar surface area (TPSA) is 75.2 Å². The van der Waals surface area contributed by atoms with Crippen LogP contribution < -0.4 is 10.3 Å². The van der Waals surface area contributed by atoms with Crippen molar-refractivity contribution < 1.29 is 22.7 Å². The highest BCUT2D eigenvalue weighted by Gasteiger charge is 2.32. The second-order valence-corrected chi connectivity index (χ2v) is 9.10. The van der Waals surface area contributed by atoms with Crippen molar-refractivity contribution in [3.05, 3.63) is 53.2 Å². The van der Waals surface area contributed by atoms with Crippen molar-refractivity contribution in [3.8, 4) is 0 Å². The normalized spacial score (nSPS) is 12.4. The van der Waals surface area contributed by atoms with Gasteiger partial charge in [0.25, 0.3) is 0 Å². The van der Waals surface area contributed by atoms with Crippen LogP contribution in [0.2, 0.25) is 5.02 Å². The Balaban J connectivity index is 1.88. The molecule has 7 nitrogen and oxygen atoms in total. The molecule has 2 aromatic carbocycles. The van der Waals surface area contributed by atoms with Gasteiger partial charge in [-0.15, -0.1) is 0 Å². The Labute approximate surface area is 198 Å². The van der Waals surface area contributed by atoms with Crippen LogP contribution in [0.15, 0.2) is 42.6 Å². The van der Waals surface area contributed by atoms with Gasteiger partial charge in [0.2, 0.25) is 5.95 Å². The number of nitrogens with zero attached hydrogens (tertiary/aromatic N) is 3. The largest absolute Gasteiger partial charge is 0.442 e. The lowest BCUT2D eigenvalue weighted by atomic mass is 10.2. The fourth-order valence-corrected chi connectivity index (χ4v) is 3.72. The fourth-order valence-electron chi connectivity index (χ4n) is 3.55. The first-order chi connectivity index (χ1) is 15.9. The van der Waals surface area contributed by atoms with E-state index in [1.807, 2.05) is 0 Å². The van der Waals surface area contributed by atoms with Gasteiger partial charge in [0.1, 0.15) is 5.60 Å².